The van der Waals surface area contributed by atoms with Gasteiger partial charge in [-0.25, -0.2) is 8.78 Å². The van der Waals surface area contributed by atoms with Crippen LogP contribution in [0.1, 0.15) is 30.9 Å². The largest absolute Gasteiger partial charge is 0.375 e. The highest BCUT2D eigenvalue weighted by Gasteiger charge is 2.22. The molecule has 1 heterocycles. The van der Waals surface area contributed by atoms with Crippen molar-refractivity contribution in [2.75, 3.05) is 25.5 Å². The number of halogens is 2. The molecule has 1 atom stereocenters. The fraction of sp³-hybridized carbons (Fsp3) is 0.538. The predicted octanol–water partition coefficient (Wildman–Crippen LogP) is 2.85. The third kappa shape index (κ3) is 2.41. The second kappa shape index (κ2) is 5.00. The van der Waals surface area contributed by atoms with Crippen LogP contribution in [0.25, 0.3) is 0 Å². The molecule has 2 nitrogen and oxygen atoms in total. The van der Waals surface area contributed by atoms with Gasteiger partial charge in [-0.3, -0.25) is 0 Å². The van der Waals surface area contributed by atoms with Crippen LogP contribution < -0.4 is 10.2 Å². The number of hydrogen-bond donors (Lipinski definition) is 1. The fourth-order valence-corrected chi connectivity index (χ4v) is 2.41. The summed E-state index contributed by atoms with van der Waals surface area (Å²) in [5.41, 5.74) is 1.22. The Bertz CT molecular complexity index is 399. The van der Waals surface area contributed by atoms with E-state index in [0.29, 0.717) is 5.69 Å². The monoisotopic (exact) mass is 240 g/mol. The van der Waals surface area contributed by atoms with Crippen LogP contribution in [-0.4, -0.2) is 20.6 Å². The SMILES string of the molecule is CN(C)c1c(C2CCCCN2)ccc(F)c1F. The number of piperidine rings is 1. The van der Waals surface area contributed by atoms with Crippen molar-refractivity contribution in [2.24, 2.45) is 0 Å². The van der Waals surface area contributed by atoms with E-state index in [1.165, 1.54) is 6.07 Å². The van der Waals surface area contributed by atoms with E-state index >= 15 is 0 Å². The highest BCUT2D eigenvalue weighted by atomic mass is 19.2. The molecule has 0 spiro atoms. The van der Waals surface area contributed by atoms with E-state index in [4.69, 9.17) is 0 Å². The lowest BCUT2D eigenvalue weighted by molar-refractivity contribution is 0.409. The van der Waals surface area contributed by atoms with Crippen LogP contribution in [0.4, 0.5) is 14.5 Å². The Balaban J connectivity index is 2.41. The number of anilines is 1. The normalized spacial score (nSPS) is 20.4. The standard InChI is InChI=1S/C13H18F2N2/c1-17(2)13-9(6-7-10(14)12(13)15)11-5-3-4-8-16-11/h6-7,11,16H,3-5,8H2,1-2H3. The summed E-state index contributed by atoms with van der Waals surface area (Å²) < 4.78 is 27.1. The summed E-state index contributed by atoms with van der Waals surface area (Å²) in [7, 11) is 3.48. The number of nitrogens with one attached hydrogen (secondary N) is 1. The quantitative estimate of drug-likeness (QED) is 0.855. The van der Waals surface area contributed by atoms with Gasteiger partial charge in [-0.2, -0.15) is 0 Å². The molecular weight excluding hydrogens is 222 g/mol. The summed E-state index contributed by atoms with van der Waals surface area (Å²) in [6, 6.07) is 3.04. The summed E-state index contributed by atoms with van der Waals surface area (Å²) in [5.74, 6) is -1.53. The van der Waals surface area contributed by atoms with E-state index in [1.54, 1.807) is 25.1 Å². The zero-order valence-corrected chi connectivity index (χ0v) is 10.3. The summed E-state index contributed by atoms with van der Waals surface area (Å²) in [5, 5.41) is 3.36. The summed E-state index contributed by atoms with van der Waals surface area (Å²) in [4.78, 5) is 1.64. The van der Waals surface area contributed by atoms with Crippen molar-refractivity contribution in [1.82, 2.24) is 5.32 Å². The number of nitrogens with zero attached hydrogens (tertiary/aromatic N) is 1. The van der Waals surface area contributed by atoms with Crippen LogP contribution in [0.15, 0.2) is 12.1 Å². The molecule has 4 heteroatoms. The van der Waals surface area contributed by atoms with Crippen LogP contribution in [0.2, 0.25) is 0 Å². The number of hydrogen-bond acceptors (Lipinski definition) is 2. The minimum atomic E-state index is -0.784. The second-order valence-corrected chi connectivity index (χ2v) is 4.70. The molecule has 1 aliphatic rings. The molecule has 0 bridgehead atoms. The molecule has 1 aromatic carbocycles. The lowest BCUT2D eigenvalue weighted by atomic mass is 9.95. The number of benzene rings is 1. The van der Waals surface area contributed by atoms with Crippen molar-refractivity contribution in [3.8, 4) is 0 Å². The smallest absolute Gasteiger partial charge is 0.182 e. The van der Waals surface area contributed by atoms with E-state index in [2.05, 4.69) is 5.32 Å². The summed E-state index contributed by atoms with van der Waals surface area (Å²) >= 11 is 0. The van der Waals surface area contributed by atoms with Crippen molar-refractivity contribution >= 4 is 5.69 Å². The van der Waals surface area contributed by atoms with E-state index in [0.717, 1.165) is 31.4 Å². The van der Waals surface area contributed by atoms with Crippen LogP contribution in [0.5, 0.6) is 0 Å². The molecule has 1 N–H and O–H groups in total. The third-order valence-electron chi connectivity index (χ3n) is 3.23. The van der Waals surface area contributed by atoms with Gasteiger partial charge in [0.1, 0.15) is 0 Å². The molecule has 1 unspecified atom stereocenters. The lowest BCUT2D eigenvalue weighted by Gasteiger charge is -2.28. The summed E-state index contributed by atoms with van der Waals surface area (Å²) in [6.07, 6.45) is 3.26. The van der Waals surface area contributed by atoms with Crippen molar-refractivity contribution in [3.05, 3.63) is 29.3 Å². The van der Waals surface area contributed by atoms with Gasteiger partial charge in [0.2, 0.25) is 0 Å². The van der Waals surface area contributed by atoms with Crippen LogP contribution in [0, 0.1) is 11.6 Å². The molecular formula is C13H18F2N2. The minimum Gasteiger partial charge on any atom is -0.375 e. The van der Waals surface area contributed by atoms with E-state index in [-0.39, 0.29) is 6.04 Å². The van der Waals surface area contributed by atoms with Crippen molar-refractivity contribution in [1.29, 1.82) is 0 Å². The lowest BCUT2D eigenvalue weighted by Crippen LogP contribution is -2.29. The molecule has 0 amide bonds. The zero-order valence-electron chi connectivity index (χ0n) is 10.3. The first-order chi connectivity index (χ1) is 8.11. The first-order valence-corrected chi connectivity index (χ1v) is 6.00. The topological polar surface area (TPSA) is 15.3 Å². The Hall–Kier alpha value is -1.16. The van der Waals surface area contributed by atoms with E-state index in [1.807, 2.05) is 0 Å². The molecule has 1 aromatic rings. The molecule has 1 aliphatic heterocycles. The van der Waals surface area contributed by atoms with Gasteiger partial charge in [0, 0.05) is 20.1 Å². The second-order valence-electron chi connectivity index (χ2n) is 4.70. The first-order valence-electron chi connectivity index (χ1n) is 6.00. The molecule has 0 aromatic heterocycles. The number of rotatable bonds is 2. The van der Waals surface area contributed by atoms with Gasteiger partial charge < -0.3 is 10.2 Å². The molecule has 1 fully saturated rings. The Morgan fingerprint density at radius 2 is 2.00 bits per heavy atom. The Morgan fingerprint density at radius 1 is 1.24 bits per heavy atom. The Morgan fingerprint density at radius 3 is 2.59 bits per heavy atom. The molecule has 0 radical (unpaired) electrons. The zero-order chi connectivity index (χ0) is 12.4. The highest BCUT2D eigenvalue weighted by molar-refractivity contribution is 5.55. The predicted molar refractivity (Wildman–Crippen MR) is 65.3 cm³/mol. The molecule has 1 saturated heterocycles. The fourth-order valence-electron chi connectivity index (χ4n) is 2.41. The van der Waals surface area contributed by atoms with Crippen LogP contribution >= 0.6 is 0 Å². The Labute approximate surface area is 101 Å². The Kier molecular flexibility index (Phi) is 3.62. The van der Waals surface area contributed by atoms with Gasteiger partial charge in [-0.15, -0.1) is 0 Å². The first kappa shape index (κ1) is 12.3. The van der Waals surface area contributed by atoms with Gasteiger partial charge in [0.05, 0.1) is 5.69 Å². The highest BCUT2D eigenvalue weighted by Crippen LogP contribution is 2.33. The van der Waals surface area contributed by atoms with Crippen LogP contribution in [-0.2, 0) is 0 Å². The maximum absolute atomic E-state index is 13.8. The van der Waals surface area contributed by atoms with Crippen molar-refractivity contribution < 1.29 is 8.78 Å². The van der Waals surface area contributed by atoms with Crippen LogP contribution in [0.3, 0.4) is 0 Å². The van der Waals surface area contributed by atoms with Gasteiger partial charge in [-0.1, -0.05) is 12.5 Å². The summed E-state index contributed by atoms with van der Waals surface area (Å²) in [6.45, 7) is 0.941. The molecule has 0 saturated carbocycles. The van der Waals surface area contributed by atoms with E-state index < -0.39 is 11.6 Å². The molecule has 94 valence electrons. The van der Waals surface area contributed by atoms with Gasteiger partial charge in [0.25, 0.3) is 0 Å². The van der Waals surface area contributed by atoms with Gasteiger partial charge >= 0.3 is 0 Å². The molecule has 0 aliphatic carbocycles. The minimum absolute atomic E-state index is 0.135. The van der Waals surface area contributed by atoms with E-state index in [9.17, 15) is 8.78 Å². The maximum Gasteiger partial charge on any atom is 0.182 e. The maximum atomic E-state index is 13.8. The molecule has 17 heavy (non-hydrogen) atoms. The third-order valence-corrected chi connectivity index (χ3v) is 3.23. The molecule has 2 rings (SSSR count). The van der Waals surface area contributed by atoms with Crippen molar-refractivity contribution in [3.63, 3.8) is 0 Å². The van der Waals surface area contributed by atoms with Gasteiger partial charge in [0.15, 0.2) is 11.6 Å². The van der Waals surface area contributed by atoms with Crippen molar-refractivity contribution in [2.45, 2.75) is 25.3 Å². The van der Waals surface area contributed by atoms with Gasteiger partial charge in [-0.05, 0) is 31.0 Å². The average Bonchev–Trinajstić information content (AvgIpc) is 2.33. The average molecular weight is 240 g/mol.